The third kappa shape index (κ3) is 2.17. The largest absolute Gasteiger partial charge is 0.392 e. The molecule has 0 spiro atoms. The van der Waals surface area contributed by atoms with Gasteiger partial charge < -0.3 is 10.0 Å². The molecule has 0 aliphatic rings. The average molecular weight is 215 g/mol. The highest BCUT2D eigenvalue weighted by Gasteiger charge is 2.05. The van der Waals surface area contributed by atoms with Crippen molar-refractivity contribution in [3.63, 3.8) is 0 Å². The molecule has 0 aliphatic heterocycles. The molecule has 1 aromatic carbocycles. The molecule has 0 bridgehead atoms. The molecule has 0 fully saturated rings. The van der Waals surface area contributed by atoms with Crippen LogP contribution < -0.4 is 4.90 Å². The molecule has 1 heterocycles. The second-order valence-corrected chi connectivity index (χ2v) is 3.44. The molecule has 0 saturated heterocycles. The predicted molar refractivity (Wildman–Crippen MR) is 62.5 cm³/mol. The molecule has 2 aromatic rings. The van der Waals surface area contributed by atoms with Gasteiger partial charge in [0.2, 0.25) is 5.95 Å². The van der Waals surface area contributed by atoms with Gasteiger partial charge >= 0.3 is 0 Å². The SMILES string of the molecule is CN(c1ccccc1)c1ncc(CO)cn1. The van der Waals surface area contributed by atoms with Crippen molar-refractivity contribution in [2.75, 3.05) is 11.9 Å². The lowest BCUT2D eigenvalue weighted by molar-refractivity contribution is 0.281. The second-order valence-electron chi connectivity index (χ2n) is 3.44. The first kappa shape index (κ1) is 10.6. The summed E-state index contributed by atoms with van der Waals surface area (Å²) in [5, 5.41) is 8.89. The molecule has 1 N–H and O–H groups in total. The molecule has 2 rings (SSSR count). The molecule has 0 atom stereocenters. The molecular formula is C12H13N3O. The number of benzene rings is 1. The Labute approximate surface area is 94.2 Å². The van der Waals surface area contributed by atoms with Crippen molar-refractivity contribution in [1.29, 1.82) is 0 Å². The van der Waals surface area contributed by atoms with Gasteiger partial charge in [0.1, 0.15) is 0 Å². The minimum atomic E-state index is -0.0324. The predicted octanol–water partition coefficient (Wildman–Crippen LogP) is 1.74. The van der Waals surface area contributed by atoms with Crippen molar-refractivity contribution in [3.8, 4) is 0 Å². The summed E-state index contributed by atoms with van der Waals surface area (Å²) >= 11 is 0. The standard InChI is InChI=1S/C12H13N3O/c1-15(11-5-3-2-4-6-11)12-13-7-10(9-16)8-14-12/h2-8,16H,9H2,1H3. The lowest BCUT2D eigenvalue weighted by Gasteiger charge is -2.16. The molecule has 0 saturated carbocycles. The first-order valence-corrected chi connectivity index (χ1v) is 5.02. The van der Waals surface area contributed by atoms with Gasteiger partial charge in [-0.25, -0.2) is 9.97 Å². The number of hydrogen-bond acceptors (Lipinski definition) is 4. The zero-order valence-electron chi connectivity index (χ0n) is 9.04. The van der Waals surface area contributed by atoms with E-state index in [1.54, 1.807) is 12.4 Å². The fourth-order valence-electron chi connectivity index (χ4n) is 1.37. The highest BCUT2D eigenvalue weighted by Crippen LogP contribution is 2.18. The minimum Gasteiger partial charge on any atom is -0.392 e. The fourth-order valence-corrected chi connectivity index (χ4v) is 1.37. The third-order valence-corrected chi connectivity index (χ3v) is 2.32. The van der Waals surface area contributed by atoms with Crippen molar-refractivity contribution in [2.45, 2.75) is 6.61 Å². The van der Waals surface area contributed by atoms with Gasteiger partial charge in [0, 0.05) is 30.7 Å². The minimum absolute atomic E-state index is 0.0324. The van der Waals surface area contributed by atoms with E-state index in [4.69, 9.17) is 5.11 Å². The number of aliphatic hydroxyl groups is 1. The summed E-state index contributed by atoms with van der Waals surface area (Å²) in [6.07, 6.45) is 3.25. The van der Waals surface area contributed by atoms with Crippen LogP contribution in [0.5, 0.6) is 0 Å². The van der Waals surface area contributed by atoms with Gasteiger partial charge in [-0.1, -0.05) is 18.2 Å². The van der Waals surface area contributed by atoms with Gasteiger partial charge in [0.25, 0.3) is 0 Å². The van der Waals surface area contributed by atoms with Gasteiger partial charge in [-0.15, -0.1) is 0 Å². The van der Waals surface area contributed by atoms with Crippen LogP contribution in [-0.2, 0) is 6.61 Å². The maximum absolute atomic E-state index is 8.89. The van der Waals surface area contributed by atoms with E-state index in [-0.39, 0.29) is 6.61 Å². The first-order valence-electron chi connectivity index (χ1n) is 5.02. The number of rotatable bonds is 3. The van der Waals surface area contributed by atoms with Crippen LogP contribution in [0.2, 0.25) is 0 Å². The van der Waals surface area contributed by atoms with E-state index in [9.17, 15) is 0 Å². The van der Waals surface area contributed by atoms with E-state index < -0.39 is 0 Å². The average Bonchev–Trinajstić information content (AvgIpc) is 2.39. The molecule has 0 unspecified atom stereocenters. The Balaban J connectivity index is 2.24. The number of aromatic nitrogens is 2. The monoisotopic (exact) mass is 215 g/mol. The summed E-state index contributed by atoms with van der Waals surface area (Å²) in [6.45, 7) is -0.0324. The Bertz CT molecular complexity index is 442. The Morgan fingerprint density at radius 1 is 1.12 bits per heavy atom. The van der Waals surface area contributed by atoms with Crippen LogP contribution in [0.25, 0.3) is 0 Å². The quantitative estimate of drug-likeness (QED) is 0.847. The zero-order valence-corrected chi connectivity index (χ0v) is 9.04. The van der Waals surface area contributed by atoms with Gasteiger partial charge in [-0.3, -0.25) is 0 Å². The van der Waals surface area contributed by atoms with Crippen LogP contribution in [0.1, 0.15) is 5.56 Å². The van der Waals surface area contributed by atoms with Crippen molar-refractivity contribution >= 4 is 11.6 Å². The van der Waals surface area contributed by atoms with Crippen LogP contribution >= 0.6 is 0 Å². The lowest BCUT2D eigenvalue weighted by Crippen LogP contribution is -2.12. The van der Waals surface area contributed by atoms with Crippen LogP contribution in [0.4, 0.5) is 11.6 Å². The van der Waals surface area contributed by atoms with Gasteiger partial charge in [-0.2, -0.15) is 0 Å². The fraction of sp³-hybridized carbons (Fsp3) is 0.167. The summed E-state index contributed by atoms with van der Waals surface area (Å²) in [5.74, 6) is 0.614. The van der Waals surface area contributed by atoms with Crippen LogP contribution in [0, 0.1) is 0 Å². The number of nitrogens with zero attached hydrogens (tertiary/aromatic N) is 3. The second kappa shape index (κ2) is 4.72. The van der Waals surface area contributed by atoms with Crippen LogP contribution in [0.15, 0.2) is 42.7 Å². The summed E-state index contributed by atoms with van der Waals surface area (Å²) in [5.41, 5.74) is 1.74. The number of anilines is 2. The molecule has 0 amide bonds. The maximum atomic E-state index is 8.89. The van der Waals surface area contributed by atoms with E-state index in [1.807, 2.05) is 42.3 Å². The molecular weight excluding hydrogens is 202 g/mol. The smallest absolute Gasteiger partial charge is 0.229 e. The number of para-hydroxylation sites is 1. The molecule has 4 heteroatoms. The lowest BCUT2D eigenvalue weighted by atomic mass is 10.3. The topological polar surface area (TPSA) is 49.2 Å². The first-order chi connectivity index (χ1) is 7.81. The molecule has 1 aromatic heterocycles. The summed E-state index contributed by atoms with van der Waals surface area (Å²) in [7, 11) is 1.91. The molecule has 0 aliphatic carbocycles. The Morgan fingerprint density at radius 2 is 1.75 bits per heavy atom. The van der Waals surface area contributed by atoms with Crippen LogP contribution in [-0.4, -0.2) is 22.1 Å². The molecule has 16 heavy (non-hydrogen) atoms. The van der Waals surface area contributed by atoms with E-state index in [0.29, 0.717) is 11.5 Å². The van der Waals surface area contributed by atoms with Gasteiger partial charge in [0.15, 0.2) is 0 Å². The molecule has 4 nitrogen and oxygen atoms in total. The van der Waals surface area contributed by atoms with Gasteiger partial charge in [-0.05, 0) is 12.1 Å². The Kier molecular flexibility index (Phi) is 3.12. The van der Waals surface area contributed by atoms with E-state index in [2.05, 4.69) is 9.97 Å². The zero-order chi connectivity index (χ0) is 11.4. The van der Waals surface area contributed by atoms with Crippen molar-refractivity contribution in [1.82, 2.24) is 9.97 Å². The van der Waals surface area contributed by atoms with Crippen molar-refractivity contribution < 1.29 is 5.11 Å². The number of aliphatic hydroxyl groups excluding tert-OH is 1. The van der Waals surface area contributed by atoms with Crippen molar-refractivity contribution in [3.05, 3.63) is 48.3 Å². The highest BCUT2D eigenvalue weighted by atomic mass is 16.3. The molecule has 82 valence electrons. The molecule has 0 radical (unpaired) electrons. The third-order valence-electron chi connectivity index (χ3n) is 2.32. The Morgan fingerprint density at radius 3 is 2.31 bits per heavy atom. The summed E-state index contributed by atoms with van der Waals surface area (Å²) in [4.78, 5) is 10.3. The van der Waals surface area contributed by atoms with E-state index >= 15 is 0 Å². The van der Waals surface area contributed by atoms with Crippen LogP contribution in [0.3, 0.4) is 0 Å². The summed E-state index contributed by atoms with van der Waals surface area (Å²) < 4.78 is 0. The van der Waals surface area contributed by atoms with Gasteiger partial charge in [0.05, 0.1) is 6.61 Å². The van der Waals surface area contributed by atoms with E-state index in [0.717, 1.165) is 5.69 Å². The Hall–Kier alpha value is -1.94. The normalized spacial score (nSPS) is 10.1. The highest BCUT2D eigenvalue weighted by molar-refractivity contribution is 5.55. The van der Waals surface area contributed by atoms with E-state index in [1.165, 1.54) is 0 Å². The number of hydrogen-bond donors (Lipinski definition) is 1. The summed E-state index contributed by atoms with van der Waals surface area (Å²) in [6, 6.07) is 9.88. The van der Waals surface area contributed by atoms with Crippen molar-refractivity contribution in [2.24, 2.45) is 0 Å². The maximum Gasteiger partial charge on any atom is 0.229 e.